The van der Waals surface area contributed by atoms with Crippen molar-refractivity contribution in [2.45, 2.75) is 12.3 Å². The Labute approximate surface area is 171 Å². The summed E-state index contributed by atoms with van der Waals surface area (Å²) < 4.78 is 22.6. The first-order valence-electron chi connectivity index (χ1n) is 9.42. The second kappa shape index (κ2) is 7.38. The van der Waals surface area contributed by atoms with Crippen LogP contribution in [-0.2, 0) is 0 Å². The molecule has 4 rings (SSSR count). The first-order valence-corrected chi connectivity index (χ1v) is 9.86. The number of alkyl halides is 1. The third-order valence-corrected chi connectivity index (χ3v) is 5.97. The van der Waals surface area contributed by atoms with E-state index in [1.807, 2.05) is 11.8 Å². The van der Waals surface area contributed by atoms with E-state index >= 15 is 4.39 Å². The molecule has 0 spiro atoms. The molecule has 3 heterocycles. The number of rotatable bonds is 5. The summed E-state index contributed by atoms with van der Waals surface area (Å²) in [6.45, 7) is 4.64. The van der Waals surface area contributed by atoms with Gasteiger partial charge in [-0.3, -0.25) is 14.5 Å². The normalized spacial score (nSPS) is 21.0. The van der Waals surface area contributed by atoms with Crippen LogP contribution in [0, 0.1) is 11.7 Å². The first-order chi connectivity index (χ1) is 13.8. The maximum absolute atomic E-state index is 15.2. The van der Waals surface area contributed by atoms with Gasteiger partial charge in [0.25, 0.3) is 0 Å². The zero-order valence-corrected chi connectivity index (χ0v) is 16.9. The van der Waals surface area contributed by atoms with Gasteiger partial charge in [-0.15, -0.1) is 11.6 Å². The summed E-state index contributed by atoms with van der Waals surface area (Å²) in [6.07, 6.45) is 1.25. The van der Waals surface area contributed by atoms with Gasteiger partial charge in [-0.05, 0) is 12.6 Å². The van der Waals surface area contributed by atoms with E-state index in [1.165, 1.54) is 10.9 Å². The Morgan fingerprint density at radius 1 is 1.45 bits per heavy atom. The Balaban J connectivity index is 1.88. The van der Waals surface area contributed by atoms with E-state index in [2.05, 4.69) is 5.32 Å². The molecule has 2 aromatic rings. The highest BCUT2D eigenvalue weighted by molar-refractivity contribution is 6.21. The van der Waals surface area contributed by atoms with Crippen LogP contribution in [0.2, 0.25) is 0 Å². The zero-order chi connectivity index (χ0) is 20.9. The minimum atomic E-state index is -1.36. The van der Waals surface area contributed by atoms with E-state index in [0.717, 1.165) is 19.2 Å². The summed E-state index contributed by atoms with van der Waals surface area (Å²) in [5.41, 5.74) is -0.550. The highest BCUT2D eigenvalue weighted by Crippen LogP contribution is 2.42. The zero-order valence-electron chi connectivity index (χ0n) is 16.1. The number of hydrogen-bond donors (Lipinski definition) is 2. The van der Waals surface area contributed by atoms with Gasteiger partial charge in [0, 0.05) is 38.8 Å². The Hall–Kier alpha value is -2.52. The molecule has 2 aliphatic heterocycles. The molecule has 1 fully saturated rings. The molecule has 29 heavy (non-hydrogen) atoms. The summed E-state index contributed by atoms with van der Waals surface area (Å²) in [6, 6.07) is 1.10. The predicted octanol–water partition coefficient (Wildman–Crippen LogP) is 1.41. The van der Waals surface area contributed by atoms with Crippen LogP contribution in [0.3, 0.4) is 0 Å². The van der Waals surface area contributed by atoms with Gasteiger partial charge in [0.15, 0.2) is 18.3 Å². The second-order valence-corrected chi connectivity index (χ2v) is 7.93. The minimum absolute atomic E-state index is 0.0291. The summed E-state index contributed by atoms with van der Waals surface area (Å²) in [7, 11) is 1.69. The van der Waals surface area contributed by atoms with Gasteiger partial charge >= 0.3 is 5.97 Å². The summed E-state index contributed by atoms with van der Waals surface area (Å²) >= 11 is 6.50. The lowest BCUT2D eigenvalue weighted by molar-refractivity contribution is 0.0694. The highest BCUT2D eigenvalue weighted by atomic mass is 35.5. The van der Waals surface area contributed by atoms with Crippen LogP contribution >= 0.6 is 11.6 Å². The first kappa shape index (κ1) is 19.8. The molecule has 0 aliphatic carbocycles. The van der Waals surface area contributed by atoms with E-state index < -0.39 is 22.8 Å². The molecule has 2 N–H and O–H groups in total. The molecule has 8 nitrogen and oxygen atoms in total. The minimum Gasteiger partial charge on any atom is -0.477 e. The van der Waals surface area contributed by atoms with Crippen molar-refractivity contribution in [3.05, 3.63) is 33.9 Å². The van der Waals surface area contributed by atoms with Gasteiger partial charge in [0.1, 0.15) is 16.8 Å². The third kappa shape index (κ3) is 3.18. The fraction of sp³-hybridized carbons (Fsp3) is 0.474. The van der Waals surface area contributed by atoms with Crippen LogP contribution in [0.25, 0.3) is 10.9 Å². The van der Waals surface area contributed by atoms with Crippen LogP contribution in [0.1, 0.15) is 17.3 Å². The Morgan fingerprint density at radius 3 is 2.90 bits per heavy atom. The lowest BCUT2D eigenvalue weighted by atomic mass is 10.1. The van der Waals surface area contributed by atoms with Gasteiger partial charge < -0.3 is 20.1 Å². The SMILES string of the molecule is CCNCC1CN(c2c(F)cc3c(=O)c(C(=O)O)cn4c3c2OCN4C)CC1Cl. The average Bonchev–Trinajstić information content (AvgIpc) is 3.04. The van der Waals surface area contributed by atoms with Crippen molar-refractivity contribution in [1.82, 2.24) is 9.99 Å². The number of benzene rings is 1. The van der Waals surface area contributed by atoms with Crippen molar-refractivity contribution in [3.63, 3.8) is 0 Å². The van der Waals surface area contributed by atoms with Crippen LogP contribution in [0.4, 0.5) is 10.1 Å². The molecular weight excluding hydrogens is 403 g/mol. The van der Waals surface area contributed by atoms with E-state index in [0.29, 0.717) is 18.6 Å². The number of anilines is 1. The number of pyridine rings is 1. The van der Waals surface area contributed by atoms with E-state index in [-0.39, 0.29) is 34.8 Å². The van der Waals surface area contributed by atoms with Gasteiger partial charge in [-0.25, -0.2) is 9.18 Å². The van der Waals surface area contributed by atoms with Crippen molar-refractivity contribution in [2.24, 2.45) is 5.92 Å². The van der Waals surface area contributed by atoms with Crippen molar-refractivity contribution in [2.75, 3.05) is 49.9 Å². The van der Waals surface area contributed by atoms with Crippen molar-refractivity contribution in [3.8, 4) is 5.75 Å². The number of carboxylic acid groups (broad SMARTS) is 1. The van der Waals surface area contributed by atoms with Crippen molar-refractivity contribution >= 4 is 34.2 Å². The van der Waals surface area contributed by atoms with Crippen molar-refractivity contribution < 1.29 is 19.0 Å². The number of halogens is 2. The fourth-order valence-corrected chi connectivity index (χ4v) is 4.34. The predicted molar refractivity (Wildman–Crippen MR) is 109 cm³/mol. The number of nitrogens with zero attached hydrogens (tertiary/aromatic N) is 3. The average molecular weight is 425 g/mol. The van der Waals surface area contributed by atoms with E-state index in [1.54, 1.807) is 12.1 Å². The summed E-state index contributed by atoms with van der Waals surface area (Å²) in [5, 5.41) is 14.1. The summed E-state index contributed by atoms with van der Waals surface area (Å²) in [5.74, 6) is -1.61. The lowest BCUT2D eigenvalue weighted by Gasteiger charge is -2.33. The van der Waals surface area contributed by atoms with E-state index in [4.69, 9.17) is 16.3 Å². The number of carbonyl (C=O) groups is 1. The van der Waals surface area contributed by atoms with Crippen molar-refractivity contribution in [1.29, 1.82) is 0 Å². The molecule has 10 heteroatoms. The van der Waals surface area contributed by atoms with Gasteiger partial charge in [0.05, 0.1) is 10.8 Å². The molecule has 0 bridgehead atoms. The van der Waals surface area contributed by atoms with Gasteiger partial charge in [-0.2, -0.15) is 0 Å². The molecule has 2 unspecified atom stereocenters. The third-order valence-electron chi connectivity index (χ3n) is 5.48. The monoisotopic (exact) mass is 424 g/mol. The second-order valence-electron chi connectivity index (χ2n) is 7.37. The highest BCUT2D eigenvalue weighted by Gasteiger charge is 2.36. The topological polar surface area (TPSA) is 87.0 Å². The maximum Gasteiger partial charge on any atom is 0.341 e. The molecule has 2 aliphatic rings. The number of aromatic carboxylic acids is 1. The fourth-order valence-electron chi connectivity index (χ4n) is 4.01. The number of hydrogen-bond acceptors (Lipinski definition) is 6. The number of aromatic nitrogens is 1. The quantitative estimate of drug-likeness (QED) is 0.702. The van der Waals surface area contributed by atoms with E-state index in [9.17, 15) is 14.7 Å². The molecule has 0 amide bonds. The standard InChI is InChI=1S/C19H22ClFN4O4/c1-3-22-5-10-6-24(8-13(10)20)16-14(21)4-11-15-18(16)29-9-23(2)25(15)7-12(17(11)26)19(27)28/h4,7,10,13,22H,3,5-6,8-9H2,1-2H3,(H,27,28). The molecule has 1 aromatic heterocycles. The Kier molecular flexibility index (Phi) is 5.04. The molecular formula is C19H22ClFN4O4. The van der Waals surface area contributed by atoms with Crippen LogP contribution in [0.15, 0.2) is 17.1 Å². The molecule has 0 radical (unpaired) electrons. The molecule has 0 saturated carbocycles. The molecule has 2 atom stereocenters. The van der Waals surface area contributed by atoms with Gasteiger partial charge in [0.2, 0.25) is 5.43 Å². The molecule has 1 aromatic carbocycles. The largest absolute Gasteiger partial charge is 0.477 e. The number of ether oxygens (including phenoxy) is 1. The Bertz CT molecular complexity index is 1040. The maximum atomic E-state index is 15.2. The smallest absolute Gasteiger partial charge is 0.341 e. The number of carboxylic acids is 1. The van der Waals surface area contributed by atoms with Crippen LogP contribution in [0.5, 0.6) is 5.75 Å². The number of nitrogens with one attached hydrogen (secondary N) is 1. The molecule has 156 valence electrons. The van der Waals surface area contributed by atoms with Crippen LogP contribution in [-0.4, -0.2) is 61.1 Å². The van der Waals surface area contributed by atoms with Crippen LogP contribution < -0.4 is 25.4 Å². The molecule has 1 saturated heterocycles. The Morgan fingerprint density at radius 2 is 2.21 bits per heavy atom. The van der Waals surface area contributed by atoms with Gasteiger partial charge in [-0.1, -0.05) is 6.92 Å². The summed E-state index contributed by atoms with van der Waals surface area (Å²) in [4.78, 5) is 26.0. The lowest BCUT2D eigenvalue weighted by Crippen LogP contribution is -2.40.